The third-order valence-electron chi connectivity index (χ3n) is 7.37. The van der Waals surface area contributed by atoms with E-state index in [9.17, 15) is 5.41 Å². The van der Waals surface area contributed by atoms with Gasteiger partial charge in [0.25, 0.3) is 0 Å². The Morgan fingerprint density at radius 3 is 1.93 bits per heavy atom. The van der Waals surface area contributed by atoms with E-state index in [2.05, 4.69) is 91.8 Å². The topological polar surface area (TPSA) is 27.1 Å². The first-order valence-electron chi connectivity index (χ1n) is 11.1. The smallest absolute Gasteiger partial charge is 0.0420 e. The van der Waals surface area contributed by atoms with E-state index < -0.39 is 0 Å². The molecule has 2 aliphatic carbocycles. The van der Waals surface area contributed by atoms with E-state index in [1.54, 1.807) is 0 Å². The Morgan fingerprint density at radius 2 is 1.33 bits per heavy atom. The number of fused-ring (bicyclic) bond motifs is 3. The van der Waals surface area contributed by atoms with Crippen LogP contribution >= 0.6 is 0 Å². The zero-order valence-corrected chi connectivity index (χ0v) is 17.9. The van der Waals surface area contributed by atoms with Crippen molar-refractivity contribution in [1.82, 2.24) is 4.90 Å². The molecule has 30 heavy (non-hydrogen) atoms. The minimum atomic E-state index is 0.262. The van der Waals surface area contributed by atoms with Gasteiger partial charge in [0, 0.05) is 23.6 Å². The van der Waals surface area contributed by atoms with Gasteiger partial charge < -0.3 is 10.3 Å². The number of hydrogen-bond donors (Lipinski definition) is 1. The van der Waals surface area contributed by atoms with E-state index in [0.717, 1.165) is 24.1 Å². The van der Waals surface area contributed by atoms with Crippen molar-refractivity contribution >= 4 is 5.71 Å². The van der Waals surface area contributed by atoms with Crippen LogP contribution in [0.1, 0.15) is 41.9 Å². The number of benzene rings is 3. The summed E-state index contributed by atoms with van der Waals surface area (Å²) in [6.45, 7) is 0. The first-order valence-corrected chi connectivity index (χ1v) is 11.1. The van der Waals surface area contributed by atoms with E-state index in [1.807, 2.05) is 6.07 Å². The first kappa shape index (κ1) is 19.3. The molecule has 5 rings (SSSR count). The fourth-order valence-corrected chi connectivity index (χ4v) is 5.86. The Kier molecular flexibility index (Phi) is 5.04. The van der Waals surface area contributed by atoms with E-state index in [4.69, 9.17) is 0 Å². The second-order valence-electron chi connectivity index (χ2n) is 9.13. The maximum atomic E-state index is 9.20. The quantitative estimate of drug-likeness (QED) is 0.523. The fourth-order valence-electron chi connectivity index (χ4n) is 5.86. The maximum absolute atomic E-state index is 9.20. The number of rotatable bonds is 4. The summed E-state index contributed by atoms with van der Waals surface area (Å²) >= 11 is 0. The lowest BCUT2D eigenvalue weighted by Gasteiger charge is -2.42. The molecule has 1 N–H and O–H groups in total. The monoisotopic (exact) mass is 394 g/mol. The summed E-state index contributed by atoms with van der Waals surface area (Å²) in [7, 11) is 4.38. The van der Waals surface area contributed by atoms with Crippen molar-refractivity contribution in [2.24, 2.45) is 11.8 Å². The molecule has 2 nitrogen and oxygen atoms in total. The van der Waals surface area contributed by atoms with Gasteiger partial charge in [0.2, 0.25) is 0 Å². The molecule has 0 radical (unpaired) electrons. The molecule has 152 valence electrons. The summed E-state index contributed by atoms with van der Waals surface area (Å²) < 4.78 is 0. The Morgan fingerprint density at radius 1 is 0.767 bits per heavy atom. The molecule has 2 heteroatoms. The third-order valence-corrected chi connectivity index (χ3v) is 7.37. The van der Waals surface area contributed by atoms with Crippen molar-refractivity contribution in [3.8, 4) is 11.1 Å². The highest BCUT2D eigenvalue weighted by Gasteiger charge is 2.43. The molecule has 0 spiro atoms. The van der Waals surface area contributed by atoms with Crippen LogP contribution in [0.2, 0.25) is 0 Å². The van der Waals surface area contributed by atoms with Gasteiger partial charge in [0.05, 0.1) is 0 Å². The molecule has 3 aromatic rings. The Balaban J connectivity index is 1.59. The summed E-state index contributed by atoms with van der Waals surface area (Å²) in [5.74, 6) is 1.10. The SMILES string of the molecule is CN(C)C1CCC(C2c3ccccc3-c3ccccc32)C(C(=N)c2ccccc2)C1. The van der Waals surface area contributed by atoms with Crippen LogP contribution < -0.4 is 0 Å². The summed E-state index contributed by atoms with van der Waals surface area (Å²) in [4.78, 5) is 2.36. The van der Waals surface area contributed by atoms with Crippen LogP contribution in [0.15, 0.2) is 78.9 Å². The van der Waals surface area contributed by atoms with Crippen molar-refractivity contribution in [2.45, 2.75) is 31.2 Å². The van der Waals surface area contributed by atoms with Crippen molar-refractivity contribution in [3.05, 3.63) is 95.6 Å². The molecule has 1 saturated carbocycles. The van der Waals surface area contributed by atoms with Gasteiger partial charge in [0.1, 0.15) is 0 Å². The first-order chi connectivity index (χ1) is 14.6. The van der Waals surface area contributed by atoms with Crippen molar-refractivity contribution in [2.75, 3.05) is 14.1 Å². The average molecular weight is 395 g/mol. The normalized spacial score (nSPS) is 23.2. The van der Waals surface area contributed by atoms with Gasteiger partial charge in [-0.2, -0.15) is 0 Å². The molecule has 3 unspecified atom stereocenters. The van der Waals surface area contributed by atoms with E-state index >= 15 is 0 Å². The van der Waals surface area contributed by atoms with Gasteiger partial charge in [-0.25, -0.2) is 0 Å². The lowest BCUT2D eigenvalue weighted by atomic mass is 9.65. The van der Waals surface area contributed by atoms with Gasteiger partial charge in [-0.15, -0.1) is 0 Å². The van der Waals surface area contributed by atoms with Crippen LogP contribution in [0.25, 0.3) is 11.1 Å². The van der Waals surface area contributed by atoms with Crippen LogP contribution in [0.4, 0.5) is 0 Å². The summed E-state index contributed by atoms with van der Waals surface area (Å²) in [6.07, 6.45) is 3.43. The molecule has 0 bridgehead atoms. The lowest BCUT2D eigenvalue weighted by molar-refractivity contribution is 0.158. The zero-order valence-electron chi connectivity index (χ0n) is 17.9. The van der Waals surface area contributed by atoms with E-state index in [-0.39, 0.29) is 5.92 Å². The minimum absolute atomic E-state index is 0.262. The van der Waals surface area contributed by atoms with Crippen LogP contribution in [0, 0.1) is 17.2 Å². The molecule has 3 aromatic carbocycles. The molecule has 0 aliphatic heterocycles. The fraction of sp³-hybridized carbons (Fsp3) is 0.321. The van der Waals surface area contributed by atoms with Crippen LogP contribution in [0.3, 0.4) is 0 Å². The molecular weight excluding hydrogens is 364 g/mol. The van der Waals surface area contributed by atoms with Crippen molar-refractivity contribution in [1.29, 1.82) is 5.41 Å². The number of nitrogens with one attached hydrogen (secondary N) is 1. The number of hydrogen-bond acceptors (Lipinski definition) is 2. The Labute approximate surface area is 180 Å². The molecule has 0 amide bonds. The second-order valence-corrected chi connectivity index (χ2v) is 9.13. The maximum Gasteiger partial charge on any atom is 0.0420 e. The highest BCUT2D eigenvalue weighted by molar-refractivity contribution is 6.00. The minimum Gasteiger partial charge on any atom is -0.306 e. The lowest BCUT2D eigenvalue weighted by Crippen LogP contribution is -2.41. The molecule has 0 heterocycles. The second kappa shape index (κ2) is 7.85. The Hall–Kier alpha value is -2.71. The zero-order chi connectivity index (χ0) is 20.7. The standard InChI is InChI=1S/C28H30N2/c1-30(2)20-16-17-25(26(18-20)28(29)19-10-4-3-5-11-19)27-23-14-8-6-12-21(23)22-13-7-9-15-24(22)27/h3-15,20,25-27,29H,16-18H2,1-2H3. The van der Waals surface area contributed by atoms with Crippen LogP contribution in [-0.4, -0.2) is 30.7 Å². The highest BCUT2D eigenvalue weighted by Crippen LogP contribution is 2.53. The summed E-state index contributed by atoms with van der Waals surface area (Å²) in [5.41, 5.74) is 7.58. The predicted octanol–water partition coefficient (Wildman–Crippen LogP) is 6.21. The summed E-state index contributed by atoms with van der Waals surface area (Å²) in [5, 5.41) is 9.20. The van der Waals surface area contributed by atoms with Gasteiger partial charge >= 0.3 is 0 Å². The van der Waals surface area contributed by atoms with Crippen LogP contribution in [-0.2, 0) is 0 Å². The van der Waals surface area contributed by atoms with E-state index in [1.165, 1.54) is 28.7 Å². The molecular formula is C28H30N2. The molecule has 0 aromatic heterocycles. The molecule has 0 saturated heterocycles. The van der Waals surface area contributed by atoms with E-state index in [0.29, 0.717) is 17.9 Å². The molecule has 3 atom stereocenters. The molecule has 1 fully saturated rings. The van der Waals surface area contributed by atoms with Crippen LogP contribution in [0.5, 0.6) is 0 Å². The third kappa shape index (κ3) is 3.20. The summed E-state index contributed by atoms with van der Waals surface area (Å²) in [6, 6.07) is 28.8. The van der Waals surface area contributed by atoms with Gasteiger partial charge in [-0.05, 0) is 67.1 Å². The molecule has 2 aliphatic rings. The largest absolute Gasteiger partial charge is 0.306 e. The highest BCUT2D eigenvalue weighted by atomic mass is 15.1. The van der Waals surface area contributed by atoms with Gasteiger partial charge in [-0.3, -0.25) is 0 Å². The van der Waals surface area contributed by atoms with Crippen molar-refractivity contribution in [3.63, 3.8) is 0 Å². The van der Waals surface area contributed by atoms with Gasteiger partial charge in [-0.1, -0.05) is 78.9 Å². The number of nitrogens with zero attached hydrogens (tertiary/aromatic N) is 1. The Bertz CT molecular complexity index is 1010. The van der Waals surface area contributed by atoms with Gasteiger partial charge in [0.15, 0.2) is 0 Å². The van der Waals surface area contributed by atoms with Crippen molar-refractivity contribution < 1.29 is 0 Å². The average Bonchev–Trinajstić information content (AvgIpc) is 3.13. The predicted molar refractivity (Wildman–Crippen MR) is 125 cm³/mol.